The topological polar surface area (TPSA) is 66.8 Å². The number of nitrogens with zero attached hydrogens (tertiary/aromatic N) is 1. The lowest BCUT2D eigenvalue weighted by molar-refractivity contribution is -0.137. The van der Waals surface area contributed by atoms with Crippen LogP contribution in [0.5, 0.6) is 0 Å². The third kappa shape index (κ3) is 3.42. The second-order valence-electron chi connectivity index (χ2n) is 5.72. The van der Waals surface area contributed by atoms with E-state index in [0.29, 0.717) is 23.6 Å². The van der Waals surface area contributed by atoms with Crippen LogP contribution < -0.4 is 0 Å². The summed E-state index contributed by atoms with van der Waals surface area (Å²) in [6.45, 7) is 4.23. The number of hydrogen-bond acceptors (Lipinski definition) is 3. The molecule has 1 aliphatic rings. The number of amides is 1. The second kappa shape index (κ2) is 6.67. The van der Waals surface area contributed by atoms with Crippen LogP contribution in [-0.4, -0.2) is 47.7 Å². The quantitative estimate of drug-likeness (QED) is 0.924. The Kier molecular flexibility index (Phi) is 5.08. The van der Waals surface area contributed by atoms with Crippen LogP contribution in [0.2, 0.25) is 5.02 Å². The molecule has 2 unspecified atom stereocenters. The maximum Gasteiger partial charge on any atom is 0.305 e. The van der Waals surface area contributed by atoms with Gasteiger partial charge in [-0.1, -0.05) is 11.6 Å². The SMILES string of the molecule is COC1CC(CC(=O)O)N(C(=O)c2cc(C)c(C)cc2Cl)C1. The minimum absolute atomic E-state index is 0.0892. The van der Waals surface area contributed by atoms with E-state index in [-0.39, 0.29) is 24.5 Å². The average molecular weight is 326 g/mol. The molecular weight excluding hydrogens is 306 g/mol. The number of carboxylic acid groups (broad SMARTS) is 1. The molecule has 2 rings (SSSR count). The van der Waals surface area contributed by atoms with Crippen molar-refractivity contribution in [3.05, 3.63) is 33.8 Å². The van der Waals surface area contributed by atoms with Gasteiger partial charge in [-0.25, -0.2) is 0 Å². The van der Waals surface area contributed by atoms with Crippen molar-refractivity contribution in [2.24, 2.45) is 0 Å². The number of hydrogen-bond donors (Lipinski definition) is 1. The Morgan fingerprint density at radius 3 is 2.59 bits per heavy atom. The fraction of sp³-hybridized carbons (Fsp3) is 0.500. The van der Waals surface area contributed by atoms with Crippen LogP contribution >= 0.6 is 11.6 Å². The molecule has 5 nitrogen and oxygen atoms in total. The molecule has 1 N–H and O–H groups in total. The Morgan fingerprint density at radius 2 is 2.00 bits per heavy atom. The van der Waals surface area contributed by atoms with Crippen LogP contribution in [0.15, 0.2) is 12.1 Å². The molecule has 0 spiro atoms. The van der Waals surface area contributed by atoms with E-state index in [9.17, 15) is 9.59 Å². The summed E-state index contributed by atoms with van der Waals surface area (Å²) in [7, 11) is 1.57. The number of methoxy groups -OCH3 is 1. The van der Waals surface area contributed by atoms with E-state index in [1.54, 1.807) is 24.1 Å². The van der Waals surface area contributed by atoms with Crippen molar-refractivity contribution >= 4 is 23.5 Å². The highest BCUT2D eigenvalue weighted by atomic mass is 35.5. The Balaban J connectivity index is 2.30. The van der Waals surface area contributed by atoms with E-state index in [1.165, 1.54) is 0 Å². The van der Waals surface area contributed by atoms with Gasteiger partial charge in [0.15, 0.2) is 0 Å². The fourth-order valence-corrected chi connectivity index (χ4v) is 3.09. The molecule has 1 fully saturated rings. The van der Waals surface area contributed by atoms with Gasteiger partial charge in [-0.15, -0.1) is 0 Å². The first-order valence-electron chi connectivity index (χ1n) is 7.15. The van der Waals surface area contributed by atoms with Crippen molar-refractivity contribution < 1.29 is 19.4 Å². The summed E-state index contributed by atoms with van der Waals surface area (Å²) in [6, 6.07) is 3.16. The van der Waals surface area contributed by atoms with Gasteiger partial charge in [-0.2, -0.15) is 0 Å². The van der Waals surface area contributed by atoms with Crippen LogP contribution in [0.25, 0.3) is 0 Å². The standard InChI is InChI=1S/C16H20ClNO4/c1-9-4-13(14(17)5-10(9)2)16(21)18-8-12(22-3)6-11(18)7-15(19)20/h4-5,11-12H,6-8H2,1-3H3,(H,19,20). The molecule has 0 saturated carbocycles. The zero-order chi connectivity index (χ0) is 16.4. The lowest BCUT2D eigenvalue weighted by Crippen LogP contribution is -2.37. The number of carboxylic acids is 1. The van der Waals surface area contributed by atoms with E-state index in [4.69, 9.17) is 21.4 Å². The van der Waals surface area contributed by atoms with Crippen molar-refractivity contribution in [2.45, 2.75) is 38.8 Å². The van der Waals surface area contributed by atoms with Gasteiger partial charge in [0, 0.05) is 19.7 Å². The average Bonchev–Trinajstić information content (AvgIpc) is 2.84. The van der Waals surface area contributed by atoms with Crippen molar-refractivity contribution in [1.82, 2.24) is 4.90 Å². The number of carbonyl (C=O) groups is 2. The zero-order valence-corrected chi connectivity index (χ0v) is 13.7. The van der Waals surface area contributed by atoms with Gasteiger partial charge in [0.25, 0.3) is 5.91 Å². The number of benzene rings is 1. The fourth-order valence-electron chi connectivity index (χ4n) is 2.79. The minimum Gasteiger partial charge on any atom is -0.481 e. The van der Waals surface area contributed by atoms with E-state index in [0.717, 1.165) is 11.1 Å². The molecule has 1 aliphatic heterocycles. The Bertz CT molecular complexity index is 602. The number of halogens is 1. The normalized spacial score (nSPS) is 21.2. The molecule has 0 bridgehead atoms. The molecule has 2 atom stereocenters. The van der Waals surface area contributed by atoms with Crippen LogP contribution in [-0.2, 0) is 9.53 Å². The first kappa shape index (κ1) is 16.8. The molecule has 1 saturated heterocycles. The largest absolute Gasteiger partial charge is 0.481 e. The molecule has 0 radical (unpaired) electrons. The van der Waals surface area contributed by atoms with Crippen LogP contribution in [0, 0.1) is 13.8 Å². The van der Waals surface area contributed by atoms with Crippen molar-refractivity contribution in [3.63, 3.8) is 0 Å². The zero-order valence-electron chi connectivity index (χ0n) is 12.9. The molecule has 1 aromatic carbocycles. The maximum absolute atomic E-state index is 12.8. The summed E-state index contributed by atoms with van der Waals surface area (Å²) in [5, 5.41) is 9.42. The smallest absolute Gasteiger partial charge is 0.305 e. The monoisotopic (exact) mass is 325 g/mol. The number of rotatable bonds is 4. The third-order valence-electron chi connectivity index (χ3n) is 4.19. The van der Waals surface area contributed by atoms with Crippen molar-refractivity contribution in [2.75, 3.05) is 13.7 Å². The molecule has 0 aromatic heterocycles. The maximum atomic E-state index is 12.8. The van der Waals surface area contributed by atoms with E-state index >= 15 is 0 Å². The Hall–Kier alpha value is -1.59. The first-order valence-corrected chi connectivity index (χ1v) is 7.53. The predicted molar refractivity (Wildman–Crippen MR) is 83.4 cm³/mol. The summed E-state index contributed by atoms with van der Waals surface area (Å²) in [6.07, 6.45) is 0.295. The highest BCUT2D eigenvalue weighted by molar-refractivity contribution is 6.34. The number of carbonyl (C=O) groups excluding carboxylic acids is 1. The highest BCUT2D eigenvalue weighted by Crippen LogP contribution is 2.28. The van der Waals surface area contributed by atoms with Gasteiger partial charge < -0.3 is 14.7 Å². The van der Waals surface area contributed by atoms with Gasteiger partial charge in [0.05, 0.1) is 23.1 Å². The van der Waals surface area contributed by atoms with Gasteiger partial charge in [-0.05, 0) is 43.5 Å². The molecule has 1 heterocycles. The van der Waals surface area contributed by atoms with Crippen LogP contribution in [0.3, 0.4) is 0 Å². The number of likely N-dealkylation sites (tertiary alicyclic amines) is 1. The lowest BCUT2D eigenvalue weighted by Gasteiger charge is -2.24. The molecule has 6 heteroatoms. The van der Waals surface area contributed by atoms with Crippen molar-refractivity contribution in [1.29, 1.82) is 0 Å². The third-order valence-corrected chi connectivity index (χ3v) is 4.51. The molecule has 22 heavy (non-hydrogen) atoms. The van der Waals surface area contributed by atoms with E-state index < -0.39 is 5.97 Å². The minimum atomic E-state index is -0.925. The molecule has 1 aromatic rings. The van der Waals surface area contributed by atoms with Crippen molar-refractivity contribution in [3.8, 4) is 0 Å². The second-order valence-corrected chi connectivity index (χ2v) is 6.13. The molecule has 0 aliphatic carbocycles. The predicted octanol–water partition coefficient (Wildman–Crippen LogP) is 2.66. The first-order chi connectivity index (χ1) is 10.3. The van der Waals surface area contributed by atoms with E-state index in [2.05, 4.69) is 0 Å². The number of ether oxygens (including phenoxy) is 1. The van der Waals surface area contributed by atoms with Crippen LogP contribution in [0.4, 0.5) is 0 Å². The van der Waals surface area contributed by atoms with Gasteiger partial charge in [-0.3, -0.25) is 9.59 Å². The van der Waals surface area contributed by atoms with Crippen LogP contribution in [0.1, 0.15) is 34.3 Å². The Labute approximate surface area is 134 Å². The number of aryl methyl sites for hydroxylation is 2. The van der Waals surface area contributed by atoms with Gasteiger partial charge in [0.2, 0.25) is 0 Å². The summed E-state index contributed by atoms with van der Waals surface area (Å²) >= 11 is 6.20. The molecule has 120 valence electrons. The van der Waals surface area contributed by atoms with E-state index in [1.807, 2.05) is 13.8 Å². The number of aliphatic carboxylic acids is 1. The summed E-state index contributed by atoms with van der Waals surface area (Å²) in [4.78, 5) is 25.4. The summed E-state index contributed by atoms with van der Waals surface area (Å²) < 4.78 is 5.29. The molecule has 1 amide bonds. The highest BCUT2D eigenvalue weighted by Gasteiger charge is 2.37. The van der Waals surface area contributed by atoms with Gasteiger partial charge in [0.1, 0.15) is 0 Å². The summed E-state index contributed by atoms with van der Waals surface area (Å²) in [5.74, 6) is -1.16. The lowest BCUT2D eigenvalue weighted by atomic mass is 10.0. The molecular formula is C16H20ClNO4. The Morgan fingerprint density at radius 1 is 1.36 bits per heavy atom. The summed E-state index contributed by atoms with van der Waals surface area (Å²) in [5.41, 5.74) is 2.40. The van der Waals surface area contributed by atoms with Gasteiger partial charge >= 0.3 is 5.97 Å².